The number of carbonyl (C=O) groups excluding carboxylic acids is 1. The minimum Gasteiger partial charge on any atom is -0.480 e. The zero-order valence-corrected chi connectivity index (χ0v) is 11.0. The first-order chi connectivity index (χ1) is 9.02. The summed E-state index contributed by atoms with van der Waals surface area (Å²) in [6, 6.07) is -0.323. The number of amides is 2. The third-order valence-electron chi connectivity index (χ3n) is 3.49. The van der Waals surface area contributed by atoms with Crippen LogP contribution in [0.2, 0.25) is 0 Å². The molecule has 2 aliphatic rings. The molecule has 1 saturated carbocycles. The third-order valence-corrected chi connectivity index (χ3v) is 3.49. The molecule has 0 aromatic carbocycles. The molecule has 2 rings (SSSR count). The smallest absolute Gasteiger partial charge is 0.323 e. The highest BCUT2D eigenvalue weighted by atomic mass is 16.5. The Hall–Kier alpha value is -1.34. The Bertz CT molecular complexity index is 358. The highest BCUT2D eigenvalue weighted by molar-refractivity contribution is 5.81. The Morgan fingerprint density at radius 1 is 1.42 bits per heavy atom. The minimum absolute atomic E-state index is 0.0474. The molecule has 0 aromatic rings. The predicted molar refractivity (Wildman–Crippen MR) is 65.8 cm³/mol. The van der Waals surface area contributed by atoms with Gasteiger partial charge in [0.05, 0.1) is 31.9 Å². The Balaban J connectivity index is 2.04. The van der Waals surface area contributed by atoms with Crippen molar-refractivity contribution in [3.8, 4) is 0 Å². The summed E-state index contributed by atoms with van der Waals surface area (Å²) in [6.07, 6.45) is 1.34. The second kappa shape index (κ2) is 5.75. The van der Waals surface area contributed by atoms with E-state index in [1.54, 1.807) is 4.90 Å². The van der Waals surface area contributed by atoms with Crippen LogP contribution in [0.4, 0.5) is 4.79 Å². The van der Waals surface area contributed by atoms with Crippen LogP contribution in [0.1, 0.15) is 19.8 Å². The number of hydrogen-bond donors (Lipinski definition) is 2. The number of carboxylic acids is 1. The van der Waals surface area contributed by atoms with Gasteiger partial charge in [-0.2, -0.15) is 0 Å². The highest BCUT2D eigenvalue weighted by Crippen LogP contribution is 2.28. The topological polar surface area (TPSA) is 90.3 Å². The molecule has 19 heavy (non-hydrogen) atoms. The molecule has 108 valence electrons. The lowest BCUT2D eigenvalue weighted by Gasteiger charge is -2.40. The molecule has 1 heterocycles. The van der Waals surface area contributed by atoms with Crippen molar-refractivity contribution in [2.75, 3.05) is 26.3 Å². The lowest BCUT2D eigenvalue weighted by molar-refractivity contribution is -0.138. The second-order valence-electron chi connectivity index (χ2n) is 5.17. The summed E-state index contributed by atoms with van der Waals surface area (Å²) in [5.74, 6) is -1.00. The number of carboxylic acid groups (broad SMARTS) is 1. The van der Waals surface area contributed by atoms with Gasteiger partial charge in [-0.3, -0.25) is 4.79 Å². The van der Waals surface area contributed by atoms with Crippen LogP contribution in [-0.4, -0.2) is 76.5 Å². The SMILES string of the molecule is CC1COC(CO)CN1C(=O)N(CC(=O)O)C1CC1. The summed E-state index contributed by atoms with van der Waals surface area (Å²) in [5.41, 5.74) is 0. The summed E-state index contributed by atoms with van der Waals surface area (Å²) in [5, 5.41) is 18.0. The summed E-state index contributed by atoms with van der Waals surface area (Å²) in [6.45, 7) is 2.12. The highest BCUT2D eigenvalue weighted by Gasteiger charge is 2.39. The molecule has 2 fully saturated rings. The molecule has 0 bridgehead atoms. The van der Waals surface area contributed by atoms with Gasteiger partial charge in [0, 0.05) is 6.04 Å². The van der Waals surface area contributed by atoms with Gasteiger partial charge < -0.3 is 24.7 Å². The van der Waals surface area contributed by atoms with Crippen LogP contribution in [0.25, 0.3) is 0 Å². The quantitative estimate of drug-likeness (QED) is 0.735. The number of hydrogen-bond acceptors (Lipinski definition) is 4. The molecular weight excluding hydrogens is 252 g/mol. The normalized spacial score (nSPS) is 27.2. The number of carbonyl (C=O) groups is 2. The van der Waals surface area contributed by atoms with E-state index in [0.29, 0.717) is 13.2 Å². The fourth-order valence-electron chi connectivity index (χ4n) is 2.24. The zero-order chi connectivity index (χ0) is 14.0. The van der Waals surface area contributed by atoms with E-state index in [4.69, 9.17) is 14.9 Å². The van der Waals surface area contributed by atoms with E-state index in [1.165, 1.54) is 4.90 Å². The number of ether oxygens (including phenoxy) is 1. The molecule has 2 unspecified atom stereocenters. The van der Waals surface area contributed by atoms with E-state index in [2.05, 4.69) is 0 Å². The number of urea groups is 1. The van der Waals surface area contributed by atoms with Crippen LogP contribution in [0.15, 0.2) is 0 Å². The second-order valence-corrected chi connectivity index (χ2v) is 5.17. The van der Waals surface area contributed by atoms with Gasteiger partial charge in [0.2, 0.25) is 0 Å². The first kappa shape index (κ1) is 14.1. The molecule has 7 nitrogen and oxygen atoms in total. The van der Waals surface area contributed by atoms with Gasteiger partial charge >= 0.3 is 12.0 Å². The molecule has 7 heteroatoms. The van der Waals surface area contributed by atoms with E-state index in [9.17, 15) is 9.59 Å². The Labute approximate surface area is 111 Å². The number of aliphatic hydroxyl groups is 1. The Morgan fingerprint density at radius 3 is 2.63 bits per heavy atom. The van der Waals surface area contributed by atoms with Gasteiger partial charge in [0.1, 0.15) is 6.54 Å². The fourth-order valence-corrected chi connectivity index (χ4v) is 2.24. The molecule has 1 aliphatic heterocycles. The average Bonchev–Trinajstić information content (AvgIpc) is 3.20. The molecule has 2 amide bonds. The Morgan fingerprint density at radius 2 is 2.11 bits per heavy atom. The van der Waals surface area contributed by atoms with Gasteiger partial charge in [-0.1, -0.05) is 0 Å². The Kier molecular flexibility index (Phi) is 4.26. The predicted octanol–water partition coefficient (Wildman–Crippen LogP) is -0.263. The number of aliphatic carboxylic acids is 1. The number of rotatable bonds is 4. The maximum atomic E-state index is 12.4. The molecule has 0 aromatic heterocycles. The van der Waals surface area contributed by atoms with Crippen molar-refractivity contribution in [3.63, 3.8) is 0 Å². The summed E-state index contributed by atoms with van der Waals surface area (Å²) in [7, 11) is 0. The van der Waals surface area contributed by atoms with Crippen molar-refractivity contribution in [2.45, 2.75) is 38.0 Å². The first-order valence-electron chi connectivity index (χ1n) is 6.54. The number of morpholine rings is 1. The van der Waals surface area contributed by atoms with E-state index >= 15 is 0 Å². The summed E-state index contributed by atoms with van der Waals surface area (Å²) < 4.78 is 5.38. The molecule has 1 saturated heterocycles. The van der Waals surface area contributed by atoms with Crippen molar-refractivity contribution in [1.82, 2.24) is 9.80 Å². The van der Waals surface area contributed by atoms with Crippen LogP contribution in [0, 0.1) is 0 Å². The van der Waals surface area contributed by atoms with Crippen LogP contribution >= 0.6 is 0 Å². The van der Waals surface area contributed by atoms with Gasteiger partial charge in [0.25, 0.3) is 0 Å². The standard InChI is InChI=1S/C12H20N2O5/c1-8-7-19-10(6-15)4-13(8)12(18)14(5-11(16)17)9-2-3-9/h8-10,15H,2-7H2,1H3,(H,16,17). The van der Waals surface area contributed by atoms with Crippen LogP contribution < -0.4 is 0 Å². The van der Waals surface area contributed by atoms with Crippen molar-refractivity contribution in [2.24, 2.45) is 0 Å². The summed E-state index contributed by atoms with van der Waals surface area (Å²) in [4.78, 5) is 26.3. The third kappa shape index (κ3) is 3.36. The first-order valence-corrected chi connectivity index (χ1v) is 6.54. The van der Waals surface area contributed by atoms with Crippen LogP contribution in [-0.2, 0) is 9.53 Å². The summed E-state index contributed by atoms with van der Waals surface area (Å²) >= 11 is 0. The molecule has 2 atom stereocenters. The van der Waals surface area contributed by atoms with E-state index in [1.807, 2.05) is 6.92 Å². The minimum atomic E-state index is -1.00. The van der Waals surface area contributed by atoms with Crippen molar-refractivity contribution >= 4 is 12.0 Å². The number of nitrogens with zero attached hydrogens (tertiary/aromatic N) is 2. The molecule has 0 radical (unpaired) electrons. The lowest BCUT2D eigenvalue weighted by atomic mass is 10.2. The lowest BCUT2D eigenvalue weighted by Crippen LogP contribution is -2.57. The van der Waals surface area contributed by atoms with Gasteiger partial charge in [-0.25, -0.2) is 4.79 Å². The molecular formula is C12H20N2O5. The van der Waals surface area contributed by atoms with Crippen molar-refractivity contribution < 1.29 is 24.5 Å². The maximum absolute atomic E-state index is 12.4. The maximum Gasteiger partial charge on any atom is 0.323 e. The molecule has 0 spiro atoms. The largest absolute Gasteiger partial charge is 0.480 e. The van der Waals surface area contributed by atoms with E-state index in [-0.39, 0.29) is 37.4 Å². The van der Waals surface area contributed by atoms with E-state index < -0.39 is 5.97 Å². The average molecular weight is 272 g/mol. The van der Waals surface area contributed by atoms with Crippen LogP contribution in [0.3, 0.4) is 0 Å². The van der Waals surface area contributed by atoms with Crippen molar-refractivity contribution in [1.29, 1.82) is 0 Å². The van der Waals surface area contributed by atoms with Crippen LogP contribution in [0.5, 0.6) is 0 Å². The zero-order valence-electron chi connectivity index (χ0n) is 11.0. The molecule has 2 N–H and O–H groups in total. The fraction of sp³-hybridized carbons (Fsp3) is 0.833. The van der Waals surface area contributed by atoms with Crippen molar-refractivity contribution in [3.05, 3.63) is 0 Å². The van der Waals surface area contributed by atoms with Gasteiger partial charge in [-0.15, -0.1) is 0 Å². The monoisotopic (exact) mass is 272 g/mol. The molecule has 1 aliphatic carbocycles. The van der Waals surface area contributed by atoms with E-state index in [0.717, 1.165) is 12.8 Å². The number of aliphatic hydroxyl groups excluding tert-OH is 1. The van der Waals surface area contributed by atoms with Gasteiger partial charge in [-0.05, 0) is 19.8 Å². The van der Waals surface area contributed by atoms with Gasteiger partial charge in [0.15, 0.2) is 0 Å².